The Morgan fingerprint density at radius 3 is 2.74 bits per heavy atom. The largest absolute Gasteiger partial charge is 0.354 e. The molecule has 0 bridgehead atoms. The van der Waals surface area contributed by atoms with Gasteiger partial charge in [-0.3, -0.25) is 4.79 Å². The maximum absolute atomic E-state index is 12.2. The zero-order chi connectivity index (χ0) is 13.1. The molecule has 1 saturated carbocycles. The van der Waals surface area contributed by atoms with Crippen molar-refractivity contribution in [2.75, 3.05) is 6.54 Å². The van der Waals surface area contributed by atoms with Crippen molar-refractivity contribution in [3.8, 4) is 0 Å². The molecule has 0 radical (unpaired) electrons. The second kappa shape index (κ2) is 5.74. The zero-order valence-corrected chi connectivity index (χ0v) is 11.3. The highest BCUT2D eigenvalue weighted by atomic mass is 16.2. The Labute approximate surface area is 114 Å². The molecule has 2 N–H and O–H groups in total. The van der Waals surface area contributed by atoms with Crippen LogP contribution in [0.2, 0.25) is 0 Å². The first-order valence-electron chi connectivity index (χ1n) is 7.41. The lowest BCUT2D eigenvalue weighted by Crippen LogP contribution is -2.48. The van der Waals surface area contributed by atoms with Crippen LogP contribution in [0, 0.1) is 5.92 Å². The summed E-state index contributed by atoms with van der Waals surface area (Å²) in [4.78, 5) is 12.2. The topological polar surface area (TPSA) is 41.1 Å². The van der Waals surface area contributed by atoms with Crippen molar-refractivity contribution in [2.24, 2.45) is 5.92 Å². The summed E-state index contributed by atoms with van der Waals surface area (Å²) in [6.45, 7) is 1.66. The Kier molecular flexibility index (Phi) is 3.83. The van der Waals surface area contributed by atoms with Gasteiger partial charge in [-0.25, -0.2) is 0 Å². The number of benzene rings is 1. The SMILES string of the molecule is O=C(NCC1CCCC1)[C@@H]1Cc2ccccc2CN1. The fourth-order valence-corrected chi connectivity index (χ4v) is 3.22. The molecule has 19 heavy (non-hydrogen) atoms. The van der Waals surface area contributed by atoms with Gasteiger partial charge in [-0.1, -0.05) is 37.1 Å². The van der Waals surface area contributed by atoms with Crippen LogP contribution >= 0.6 is 0 Å². The van der Waals surface area contributed by atoms with Crippen molar-refractivity contribution in [1.29, 1.82) is 0 Å². The first-order valence-corrected chi connectivity index (χ1v) is 7.41. The Morgan fingerprint density at radius 2 is 1.95 bits per heavy atom. The van der Waals surface area contributed by atoms with Gasteiger partial charge in [-0.05, 0) is 36.3 Å². The first-order chi connectivity index (χ1) is 9.33. The van der Waals surface area contributed by atoms with E-state index in [1.165, 1.54) is 36.8 Å². The van der Waals surface area contributed by atoms with E-state index in [2.05, 4.69) is 34.9 Å². The molecule has 1 aliphatic carbocycles. The number of hydrogen-bond donors (Lipinski definition) is 2. The summed E-state index contributed by atoms with van der Waals surface area (Å²) in [5.74, 6) is 0.876. The Balaban J connectivity index is 1.54. The lowest BCUT2D eigenvalue weighted by Gasteiger charge is -2.25. The van der Waals surface area contributed by atoms with E-state index in [9.17, 15) is 4.79 Å². The van der Waals surface area contributed by atoms with Crippen molar-refractivity contribution < 1.29 is 4.79 Å². The van der Waals surface area contributed by atoms with E-state index in [-0.39, 0.29) is 11.9 Å². The van der Waals surface area contributed by atoms with E-state index >= 15 is 0 Å². The van der Waals surface area contributed by atoms with E-state index in [4.69, 9.17) is 0 Å². The van der Waals surface area contributed by atoms with Crippen LogP contribution in [0.3, 0.4) is 0 Å². The van der Waals surface area contributed by atoms with Gasteiger partial charge in [0.25, 0.3) is 0 Å². The summed E-state index contributed by atoms with van der Waals surface area (Å²) in [6, 6.07) is 8.32. The van der Waals surface area contributed by atoms with Gasteiger partial charge in [0.2, 0.25) is 5.91 Å². The molecule has 1 aromatic carbocycles. The van der Waals surface area contributed by atoms with E-state index in [1.807, 2.05) is 0 Å². The lowest BCUT2D eigenvalue weighted by atomic mass is 9.95. The summed E-state index contributed by atoms with van der Waals surface area (Å²) < 4.78 is 0. The van der Waals surface area contributed by atoms with Crippen LogP contribution in [-0.4, -0.2) is 18.5 Å². The average Bonchev–Trinajstić information content (AvgIpc) is 2.97. The summed E-state index contributed by atoms with van der Waals surface area (Å²) in [5, 5.41) is 6.46. The average molecular weight is 258 g/mol. The molecule has 0 spiro atoms. The predicted octanol–water partition coefficient (Wildman–Crippen LogP) is 2.01. The molecule has 0 aromatic heterocycles. The van der Waals surface area contributed by atoms with Crippen LogP contribution in [-0.2, 0) is 17.8 Å². The van der Waals surface area contributed by atoms with Crippen molar-refractivity contribution in [3.63, 3.8) is 0 Å². The molecule has 1 fully saturated rings. The number of hydrogen-bond acceptors (Lipinski definition) is 2. The number of carbonyl (C=O) groups excluding carboxylic acids is 1. The van der Waals surface area contributed by atoms with Gasteiger partial charge >= 0.3 is 0 Å². The molecule has 3 nitrogen and oxygen atoms in total. The maximum atomic E-state index is 12.2. The van der Waals surface area contributed by atoms with Gasteiger partial charge in [-0.15, -0.1) is 0 Å². The molecule has 1 amide bonds. The minimum atomic E-state index is -0.0590. The molecule has 0 unspecified atom stereocenters. The summed E-state index contributed by atoms with van der Waals surface area (Å²) >= 11 is 0. The van der Waals surface area contributed by atoms with Gasteiger partial charge < -0.3 is 10.6 Å². The number of carbonyl (C=O) groups is 1. The summed E-state index contributed by atoms with van der Waals surface area (Å²) in [6.07, 6.45) is 6.03. The summed E-state index contributed by atoms with van der Waals surface area (Å²) in [5.41, 5.74) is 2.63. The van der Waals surface area contributed by atoms with Crippen LogP contribution in [0.15, 0.2) is 24.3 Å². The van der Waals surface area contributed by atoms with Gasteiger partial charge in [0.15, 0.2) is 0 Å². The quantitative estimate of drug-likeness (QED) is 0.870. The molecule has 1 atom stereocenters. The lowest BCUT2D eigenvalue weighted by molar-refractivity contribution is -0.123. The normalized spacial score (nSPS) is 23.1. The smallest absolute Gasteiger partial charge is 0.237 e. The maximum Gasteiger partial charge on any atom is 0.237 e. The van der Waals surface area contributed by atoms with Crippen molar-refractivity contribution >= 4 is 5.91 Å². The first kappa shape index (κ1) is 12.7. The fraction of sp³-hybridized carbons (Fsp3) is 0.562. The molecular weight excluding hydrogens is 236 g/mol. The Hall–Kier alpha value is -1.35. The monoisotopic (exact) mass is 258 g/mol. The highest BCUT2D eigenvalue weighted by Crippen LogP contribution is 2.23. The van der Waals surface area contributed by atoms with E-state index in [0.29, 0.717) is 5.92 Å². The molecule has 3 heteroatoms. The van der Waals surface area contributed by atoms with Gasteiger partial charge in [0.1, 0.15) is 0 Å². The molecule has 1 aromatic rings. The Morgan fingerprint density at radius 1 is 1.21 bits per heavy atom. The number of rotatable bonds is 3. The van der Waals surface area contributed by atoms with E-state index in [1.54, 1.807) is 0 Å². The second-order valence-corrected chi connectivity index (χ2v) is 5.80. The second-order valence-electron chi connectivity index (χ2n) is 5.80. The third-order valence-electron chi connectivity index (χ3n) is 4.44. The van der Waals surface area contributed by atoms with Crippen molar-refractivity contribution in [2.45, 2.75) is 44.7 Å². The molecule has 2 aliphatic rings. The van der Waals surface area contributed by atoms with Crippen LogP contribution in [0.25, 0.3) is 0 Å². The minimum Gasteiger partial charge on any atom is -0.354 e. The number of amides is 1. The summed E-state index contributed by atoms with van der Waals surface area (Å²) in [7, 11) is 0. The third kappa shape index (κ3) is 2.98. The third-order valence-corrected chi connectivity index (χ3v) is 4.44. The fourth-order valence-electron chi connectivity index (χ4n) is 3.22. The standard InChI is InChI=1S/C16H22N2O/c19-16(18-10-12-5-1-2-6-12)15-9-13-7-3-4-8-14(13)11-17-15/h3-4,7-8,12,15,17H,1-2,5-6,9-11H2,(H,18,19)/t15-/m0/s1. The molecule has 3 rings (SSSR count). The van der Waals surface area contributed by atoms with Crippen LogP contribution in [0.1, 0.15) is 36.8 Å². The highest BCUT2D eigenvalue weighted by molar-refractivity contribution is 5.82. The van der Waals surface area contributed by atoms with Gasteiger partial charge in [0, 0.05) is 13.1 Å². The van der Waals surface area contributed by atoms with Crippen molar-refractivity contribution in [3.05, 3.63) is 35.4 Å². The van der Waals surface area contributed by atoms with E-state index in [0.717, 1.165) is 19.5 Å². The molecule has 102 valence electrons. The predicted molar refractivity (Wildman–Crippen MR) is 75.7 cm³/mol. The van der Waals surface area contributed by atoms with Crippen molar-refractivity contribution in [1.82, 2.24) is 10.6 Å². The molecule has 1 aliphatic heterocycles. The van der Waals surface area contributed by atoms with Crippen LogP contribution in [0.4, 0.5) is 0 Å². The molecular formula is C16H22N2O. The Bertz CT molecular complexity index is 452. The molecule has 1 heterocycles. The molecule has 0 saturated heterocycles. The van der Waals surface area contributed by atoms with Crippen LogP contribution < -0.4 is 10.6 Å². The highest BCUT2D eigenvalue weighted by Gasteiger charge is 2.24. The van der Waals surface area contributed by atoms with E-state index < -0.39 is 0 Å². The number of nitrogens with one attached hydrogen (secondary N) is 2. The van der Waals surface area contributed by atoms with Gasteiger partial charge in [-0.2, -0.15) is 0 Å². The van der Waals surface area contributed by atoms with Crippen LogP contribution in [0.5, 0.6) is 0 Å². The number of fused-ring (bicyclic) bond motifs is 1. The minimum absolute atomic E-state index is 0.0590. The van der Waals surface area contributed by atoms with Gasteiger partial charge in [0.05, 0.1) is 6.04 Å². The zero-order valence-electron chi connectivity index (χ0n) is 11.3.